The first-order valence-corrected chi connectivity index (χ1v) is 4.53. The van der Waals surface area contributed by atoms with Crippen LogP contribution in [0.15, 0.2) is 0 Å². The van der Waals surface area contributed by atoms with Crippen LogP contribution in [0.4, 0.5) is 0 Å². The molecule has 8 heavy (non-hydrogen) atoms. The zero-order valence-electron chi connectivity index (χ0n) is 4.02. The molecule has 0 radical (unpaired) electrons. The first kappa shape index (κ1) is 11.4. The van der Waals surface area contributed by atoms with Crippen molar-refractivity contribution in [1.29, 1.82) is 0 Å². The van der Waals surface area contributed by atoms with E-state index in [0.717, 1.165) is 0 Å². The van der Waals surface area contributed by atoms with E-state index in [1.165, 1.54) is 0 Å². The second-order valence-corrected chi connectivity index (χ2v) is 2.09. The van der Waals surface area contributed by atoms with Gasteiger partial charge in [-0.2, -0.15) is 12.6 Å². The fourth-order valence-corrected chi connectivity index (χ4v) is 0. The summed E-state index contributed by atoms with van der Waals surface area (Å²) in [7, 11) is 0. The van der Waals surface area contributed by atoms with Crippen molar-refractivity contribution >= 4 is 27.1 Å². The number of hydrogen-bond donors (Lipinski definition) is 4. The van der Waals surface area contributed by atoms with Crippen LogP contribution in [0.2, 0.25) is 0 Å². The van der Waals surface area contributed by atoms with Crippen LogP contribution in [0.25, 0.3) is 0 Å². The normalized spacial score (nSPS) is 8.12. The molecule has 0 fully saturated rings. The van der Waals surface area contributed by atoms with Gasteiger partial charge in [-0.05, 0) is 0 Å². The van der Waals surface area contributed by atoms with E-state index in [1.807, 2.05) is 0 Å². The monoisotopic (exact) mass is 208 g/mol. The van der Waals surface area contributed by atoms with Gasteiger partial charge in [-0.1, -0.05) is 0 Å². The predicted molar refractivity (Wildman–Crippen MR) is 31.8 cm³/mol. The van der Waals surface area contributed by atoms with Crippen LogP contribution in [-0.4, -0.2) is 40.3 Å². The molecule has 0 aromatic heterocycles. The van der Waals surface area contributed by atoms with E-state index in [0.29, 0.717) is 5.75 Å². The van der Waals surface area contributed by atoms with E-state index in [9.17, 15) is 0 Å². The summed E-state index contributed by atoms with van der Waals surface area (Å²) in [4.78, 5) is 0. The van der Waals surface area contributed by atoms with Crippen LogP contribution in [0.3, 0.4) is 0 Å². The molecule has 0 saturated carbocycles. The van der Waals surface area contributed by atoms with E-state index in [4.69, 9.17) is 17.3 Å². The molecule has 0 aliphatic heterocycles. The Labute approximate surface area is 57.3 Å². The van der Waals surface area contributed by atoms with Gasteiger partial charge in [-0.15, -0.1) is 0 Å². The predicted octanol–water partition coefficient (Wildman–Crippen LogP) is -1.71. The Morgan fingerprint density at radius 3 is 1.62 bits per heavy atom. The van der Waals surface area contributed by atoms with Crippen LogP contribution < -0.4 is 0 Å². The average molecular weight is 207 g/mol. The third-order valence-electron chi connectivity index (χ3n) is 0.1000. The second-order valence-electron chi connectivity index (χ2n) is 0.678. The van der Waals surface area contributed by atoms with E-state index in [2.05, 4.69) is 12.6 Å². The van der Waals surface area contributed by atoms with Crippen molar-refractivity contribution in [3.8, 4) is 0 Å². The Kier molecular flexibility index (Phi) is 14.9. The van der Waals surface area contributed by atoms with Crippen molar-refractivity contribution < 1.29 is 17.3 Å². The van der Waals surface area contributed by atoms with Gasteiger partial charge >= 0.3 is 26.7 Å². The topological polar surface area (TPSA) is 77.8 Å². The zero-order valence-corrected chi connectivity index (χ0v) is 6.63. The summed E-state index contributed by atoms with van der Waals surface area (Å²) >= 11 is 0.379. The number of rotatable bonds is 1. The molecule has 0 aliphatic rings. The summed E-state index contributed by atoms with van der Waals surface area (Å²) in [6.07, 6.45) is 0. The van der Waals surface area contributed by atoms with Gasteiger partial charge in [0.05, 0.1) is 6.61 Å². The van der Waals surface area contributed by atoms with E-state index < -0.39 is 14.5 Å². The van der Waals surface area contributed by atoms with Crippen LogP contribution in [0.1, 0.15) is 0 Å². The Bertz CT molecular complexity index is 52.0. The molecule has 0 heterocycles. The van der Waals surface area contributed by atoms with Crippen molar-refractivity contribution in [2.75, 3.05) is 12.4 Å². The molecule has 4 nitrogen and oxygen atoms in total. The minimum Gasteiger partial charge on any atom is -0.396 e. The summed E-state index contributed by atoms with van der Waals surface area (Å²) in [5.41, 5.74) is 0. The largest absolute Gasteiger partial charge is 0.396 e. The van der Waals surface area contributed by atoms with Gasteiger partial charge in [-0.3, -0.25) is 0 Å². The standard InChI is InChI=1S/C2H6OS.H2O3Se/c3-1-2-4;1-4(2)3/h3-4H,1-2H2;(H2,1,2,3). The Morgan fingerprint density at radius 1 is 1.50 bits per heavy atom. The summed E-state index contributed by atoms with van der Waals surface area (Å²) in [6.45, 7) is 0.184. The van der Waals surface area contributed by atoms with Crippen molar-refractivity contribution in [1.82, 2.24) is 0 Å². The molecule has 0 saturated heterocycles. The molecule has 0 aromatic rings. The van der Waals surface area contributed by atoms with Crippen molar-refractivity contribution in [2.24, 2.45) is 0 Å². The molecule has 0 bridgehead atoms. The molecule has 3 N–H and O–H groups in total. The van der Waals surface area contributed by atoms with Gasteiger partial charge in [-0.25, -0.2) is 0 Å². The average Bonchev–Trinajstić information content (AvgIpc) is 1.65. The molecular weight excluding hydrogens is 199 g/mol. The molecule has 52 valence electrons. The quantitative estimate of drug-likeness (QED) is 0.305. The summed E-state index contributed by atoms with van der Waals surface area (Å²) in [5, 5.41) is 7.80. The molecule has 0 spiro atoms. The third-order valence-corrected chi connectivity index (χ3v) is 0.300. The van der Waals surface area contributed by atoms with Crippen molar-refractivity contribution in [3.05, 3.63) is 0 Å². The Balaban J connectivity index is 0. The zero-order chi connectivity index (χ0) is 6.99. The number of hydrogen-bond acceptors (Lipinski definition) is 3. The van der Waals surface area contributed by atoms with E-state index in [-0.39, 0.29) is 6.61 Å². The maximum absolute atomic E-state index is 8.76. The van der Waals surface area contributed by atoms with Gasteiger partial charge < -0.3 is 5.11 Å². The molecule has 0 aromatic carbocycles. The molecule has 0 atom stereocenters. The van der Waals surface area contributed by atoms with Crippen LogP contribution >= 0.6 is 12.6 Å². The fourth-order valence-electron chi connectivity index (χ4n) is 0. The third kappa shape index (κ3) is 84.0. The second kappa shape index (κ2) is 10.5. The maximum Gasteiger partial charge on any atom is 0.0519 e. The number of thiol groups is 1. The molecule has 6 heteroatoms. The minimum absolute atomic E-state index is 0.184. The van der Waals surface area contributed by atoms with Gasteiger partial charge in [0.1, 0.15) is 0 Å². The van der Waals surface area contributed by atoms with Crippen LogP contribution in [0.5, 0.6) is 0 Å². The van der Waals surface area contributed by atoms with Crippen LogP contribution in [0, 0.1) is 0 Å². The van der Waals surface area contributed by atoms with Crippen molar-refractivity contribution in [3.63, 3.8) is 0 Å². The van der Waals surface area contributed by atoms with Gasteiger partial charge in [0.2, 0.25) is 0 Å². The minimum atomic E-state index is -3.29. The van der Waals surface area contributed by atoms with E-state index >= 15 is 0 Å². The van der Waals surface area contributed by atoms with Crippen molar-refractivity contribution in [2.45, 2.75) is 0 Å². The Hall–Kier alpha value is 0.549. The molecule has 0 unspecified atom stereocenters. The van der Waals surface area contributed by atoms with Crippen LogP contribution in [-0.2, 0) is 3.83 Å². The maximum atomic E-state index is 8.76. The fraction of sp³-hybridized carbons (Fsp3) is 1.00. The van der Waals surface area contributed by atoms with Gasteiger partial charge in [0.25, 0.3) is 0 Å². The molecule has 0 rings (SSSR count). The van der Waals surface area contributed by atoms with Gasteiger partial charge in [0.15, 0.2) is 0 Å². The number of aliphatic hydroxyl groups excluding tert-OH is 1. The summed E-state index contributed by atoms with van der Waals surface area (Å²) in [6, 6.07) is 0. The SMILES string of the molecule is O=[Se](O)O.OCCS. The molecular formula is C2H8O4SSe. The molecule has 0 aliphatic carbocycles. The Morgan fingerprint density at radius 2 is 1.62 bits per heavy atom. The first-order valence-electron chi connectivity index (χ1n) is 1.66. The molecule has 0 amide bonds. The van der Waals surface area contributed by atoms with Gasteiger partial charge in [0, 0.05) is 5.75 Å². The summed E-state index contributed by atoms with van der Waals surface area (Å²) < 4.78 is 23.1. The van der Waals surface area contributed by atoms with E-state index in [1.54, 1.807) is 0 Å². The smallest absolute Gasteiger partial charge is 0.0519 e. The summed E-state index contributed by atoms with van der Waals surface area (Å²) in [5.74, 6) is 0.569. The number of aliphatic hydroxyl groups is 1. The first-order chi connectivity index (χ1) is 3.65.